The van der Waals surface area contributed by atoms with E-state index in [1.165, 1.54) is 26.0 Å². The average Bonchev–Trinajstić information content (AvgIpc) is 3.40. The zero-order chi connectivity index (χ0) is 29.2. The summed E-state index contributed by atoms with van der Waals surface area (Å²) in [6, 6.07) is 14.3. The summed E-state index contributed by atoms with van der Waals surface area (Å²) >= 11 is 13.9. The van der Waals surface area contributed by atoms with Crippen LogP contribution < -0.4 is 4.90 Å². The third-order valence-corrected chi connectivity index (χ3v) is 9.54. The Labute approximate surface area is 249 Å². The first-order valence-corrected chi connectivity index (χ1v) is 14.6. The molecule has 0 amide bonds. The summed E-state index contributed by atoms with van der Waals surface area (Å²) in [7, 11) is 2.72. The number of nitrogens with zero attached hydrogens (tertiary/aromatic N) is 3. The Kier molecular flexibility index (Phi) is 8.93. The first-order chi connectivity index (χ1) is 19.1. The van der Waals surface area contributed by atoms with Crippen LogP contribution in [0.15, 0.2) is 75.9 Å². The molecule has 2 aromatic rings. The highest BCUT2D eigenvalue weighted by Crippen LogP contribution is 2.64. The van der Waals surface area contributed by atoms with Crippen LogP contribution in [0.25, 0.3) is 0 Å². The summed E-state index contributed by atoms with van der Waals surface area (Å²) in [5.74, 6) is -0.586. The smallest absolute Gasteiger partial charge is 0.335 e. The summed E-state index contributed by atoms with van der Waals surface area (Å²) in [6.45, 7) is 8.35. The molecule has 0 saturated carbocycles. The van der Waals surface area contributed by atoms with Crippen molar-refractivity contribution in [2.45, 2.75) is 45.4 Å². The maximum absolute atomic E-state index is 14.1. The van der Waals surface area contributed by atoms with Gasteiger partial charge in [-0.3, -0.25) is 9.69 Å². The van der Waals surface area contributed by atoms with Gasteiger partial charge < -0.3 is 14.4 Å². The van der Waals surface area contributed by atoms with Gasteiger partial charge in [-0.2, -0.15) is 0 Å². The Hall–Kier alpha value is -2.94. The lowest BCUT2D eigenvalue weighted by molar-refractivity contribution is -0.150. The zero-order valence-electron chi connectivity index (χ0n) is 23.5. The lowest BCUT2D eigenvalue weighted by atomic mass is 9.79. The van der Waals surface area contributed by atoms with Gasteiger partial charge in [-0.05, 0) is 81.1 Å². The number of rotatable bonds is 7. The largest absolute Gasteiger partial charge is 0.468 e. The fourth-order valence-corrected chi connectivity index (χ4v) is 7.23. The van der Waals surface area contributed by atoms with E-state index in [-0.39, 0.29) is 0 Å². The summed E-state index contributed by atoms with van der Waals surface area (Å²) in [6.07, 6.45) is 1.82. The number of thioether (sulfide) groups is 1. The molecule has 0 radical (unpaired) electrons. The summed E-state index contributed by atoms with van der Waals surface area (Å²) in [5, 5.41) is 3.15. The molecule has 0 unspecified atom stereocenters. The number of aliphatic imine (C=N–C) groups is 1. The maximum Gasteiger partial charge on any atom is 0.335 e. The van der Waals surface area contributed by atoms with E-state index in [1.807, 2.05) is 36.3 Å². The van der Waals surface area contributed by atoms with Crippen LogP contribution in [0.2, 0.25) is 10.0 Å². The van der Waals surface area contributed by atoms with Gasteiger partial charge in [0.15, 0.2) is 10.3 Å². The molecule has 2 atom stereocenters. The Morgan fingerprint density at radius 2 is 1.60 bits per heavy atom. The van der Waals surface area contributed by atoms with Crippen LogP contribution in [-0.4, -0.2) is 48.3 Å². The average molecular weight is 603 g/mol. The van der Waals surface area contributed by atoms with Crippen molar-refractivity contribution in [1.29, 1.82) is 0 Å². The van der Waals surface area contributed by atoms with Crippen molar-refractivity contribution in [3.05, 3.63) is 81.0 Å². The van der Waals surface area contributed by atoms with Gasteiger partial charge in [0, 0.05) is 28.0 Å². The van der Waals surface area contributed by atoms with Crippen molar-refractivity contribution in [3.63, 3.8) is 0 Å². The van der Waals surface area contributed by atoms with Crippen molar-refractivity contribution in [1.82, 2.24) is 4.90 Å². The van der Waals surface area contributed by atoms with Crippen LogP contribution in [0.1, 0.15) is 40.5 Å². The monoisotopic (exact) mass is 601 g/mol. The number of hydrogen-bond acceptors (Lipinski definition) is 7. The van der Waals surface area contributed by atoms with Crippen molar-refractivity contribution in [2.24, 2.45) is 10.4 Å². The van der Waals surface area contributed by atoms with E-state index in [2.05, 4.69) is 11.8 Å². The number of unbranched alkanes of at least 4 members (excludes halogenated alkanes) is 1. The fourth-order valence-electron chi connectivity index (χ4n) is 5.38. The number of allylic oxidation sites excluding steroid dienone is 1. The Bertz CT molecular complexity index is 1390. The molecule has 0 aliphatic carbocycles. The Morgan fingerprint density at radius 3 is 2.15 bits per heavy atom. The van der Waals surface area contributed by atoms with Gasteiger partial charge in [-0.15, -0.1) is 0 Å². The van der Waals surface area contributed by atoms with Gasteiger partial charge in [-0.1, -0.05) is 48.3 Å². The third-order valence-electron chi connectivity index (χ3n) is 7.41. The van der Waals surface area contributed by atoms with Gasteiger partial charge in [0.1, 0.15) is 5.84 Å². The number of carbonyl (C=O) groups excluding carboxylic acids is 2. The number of halogens is 2. The van der Waals surface area contributed by atoms with Crippen LogP contribution in [0.3, 0.4) is 0 Å². The molecule has 0 N–H and O–H groups in total. The minimum absolute atomic E-state index is 0.353. The molecule has 4 rings (SSSR count). The van der Waals surface area contributed by atoms with Gasteiger partial charge >= 0.3 is 11.9 Å². The number of hydrogen-bond donors (Lipinski definition) is 0. The second-order valence-corrected chi connectivity index (χ2v) is 11.8. The molecule has 40 heavy (non-hydrogen) atoms. The molecule has 2 aromatic carbocycles. The molecular formula is C30H33Cl2N3O4S. The number of methoxy groups -OCH3 is 2. The topological polar surface area (TPSA) is 71.4 Å². The number of anilines is 1. The number of ether oxygens (including phenoxy) is 2. The highest BCUT2D eigenvalue weighted by atomic mass is 35.5. The van der Waals surface area contributed by atoms with Crippen molar-refractivity contribution >= 4 is 64.1 Å². The molecule has 1 spiro atoms. The van der Waals surface area contributed by atoms with Crippen molar-refractivity contribution in [2.75, 3.05) is 25.7 Å². The predicted molar refractivity (Wildman–Crippen MR) is 163 cm³/mol. The van der Waals surface area contributed by atoms with Crippen LogP contribution >= 0.6 is 35.0 Å². The molecule has 10 heteroatoms. The SMILES string of the molecule is CCCCN1C(C)=CS[C@]12/C(=C(/C)C(=O)OC)N(c1ccc(Cl)cc1)C(=Nc1ccc(Cl)cc1)[C@@]2(C)C(=O)OC. The lowest BCUT2D eigenvalue weighted by Crippen LogP contribution is -2.58. The van der Waals surface area contributed by atoms with Gasteiger partial charge in [0.05, 0.1) is 31.2 Å². The Balaban J connectivity index is 2.18. The Morgan fingerprint density at radius 1 is 1.00 bits per heavy atom. The van der Waals surface area contributed by atoms with Crippen LogP contribution in [0.4, 0.5) is 11.4 Å². The minimum Gasteiger partial charge on any atom is -0.468 e. The molecule has 0 aromatic heterocycles. The molecule has 7 nitrogen and oxygen atoms in total. The molecule has 1 saturated heterocycles. The molecule has 2 heterocycles. The summed E-state index contributed by atoms with van der Waals surface area (Å²) in [5.41, 5.74) is 1.81. The van der Waals surface area contributed by atoms with Crippen molar-refractivity contribution in [3.8, 4) is 0 Å². The van der Waals surface area contributed by atoms with Gasteiger partial charge in [-0.25, -0.2) is 9.79 Å². The number of benzene rings is 2. The van der Waals surface area contributed by atoms with E-state index in [0.29, 0.717) is 45.1 Å². The molecule has 212 valence electrons. The molecular weight excluding hydrogens is 569 g/mol. The normalized spacial score (nSPS) is 24.5. The van der Waals surface area contributed by atoms with E-state index in [1.54, 1.807) is 43.3 Å². The van der Waals surface area contributed by atoms with Crippen LogP contribution in [0, 0.1) is 5.41 Å². The van der Waals surface area contributed by atoms with Gasteiger partial charge in [0.25, 0.3) is 0 Å². The predicted octanol–water partition coefficient (Wildman–Crippen LogP) is 7.58. The van der Waals surface area contributed by atoms with E-state index < -0.39 is 22.2 Å². The van der Waals surface area contributed by atoms with Crippen LogP contribution in [-0.2, 0) is 19.1 Å². The number of carbonyl (C=O) groups is 2. The molecule has 1 fully saturated rings. The maximum atomic E-state index is 14.1. The van der Waals surface area contributed by atoms with E-state index >= 15 is 0 Å². The second kappa shape index (κ2) is 11.9. The summed E-state index contributed by atoms with van der Waals surface area (Å²) in [4.78, 5) is 35.5. The molecule has 0 bridgehead atoms. The third kappa shape index (κ3) is 4.80. The van der Waals surface area contributed by atoms with Crippen molar-refractivity contribution < 1.29 is 19.1 Å². The highest BCUT2D eigenvalue weighted by molar-refractivity contribution is 8.04. The van der Waals surface area contributed by atoms with E-state index in [4.69, 9.17) is 37.7 Å². The first-order valence-electron chi connectivity index (χ1n) is 13.0. The quantitative estimate of drug-likeness (QED) is 0.239. The lowest BCUT2D eigenvalue weighted by Gasteiger charge is -2.45. The summed E-state index contributed by atoms with van der Waals surface area (Å²) < 4.78 is 10.8. The highest BCUT2D eigenvalue weighted by Gasteiger charge is 2.72. The minimum atomic E-state index is -1.38. The second-order valence-electron chi connectivity index (χ2n) is 9.83. The number of esters is 2. The zero-order valence-corrected chi connectivity index (χ0v) is 25.8. The number of amidine groups is 1. The fraction of sp³-hybridized carbons (Fsp3) is 0.367. The van der Waals surface area contributed by atoms with E-state index in [0.717, 1.165) is 18.5 Å². The first kappa shape index (κ1) is 30.0. The standard InChI is InChI=1S/C30H33Cl2N3O4S/c1-7-8-17-34-19(2)18-40-30(34)25(20(3)26(36)38-5)35(24-15-11-22(32)12-16-24)27(29(30,4)28(37)39-6)33-23-13-9-21(31)10-14-23/h9-16,18H,7-8,17H2,1-6H3/b25-20+,33-27?/t29-,30-/m0/s1. The van der Waals surface area contributed by atoms with E-state index in [9.17, 15) is 9.59 Å². The molecule has 2 aliphatic rings. The molecule has 2 aliphatic heterocycles. The van der Waals surface area contributed by atoms with Gasteiger partial charge in [0.2, 0.25) is 0 Å². The van der Waals surface area contributed by atoms with Crippen LogP contribution in [0.5, 0.6) is 0 Å².